The van der Waals surface area contributed by atoms with Crippen LogP contribution >= 0.6 is 0 Å². The highest BCUT2D eigenvalue weighted by Crippen LogP contribution is 2.31. The molecule has 28 heavy (non-hydrogen) atoms. The molecule has 0 spiro atoms. The topological polar surface area (TPSA) is 12.5 Å². The molecular weight excluding hydrogens is 342 g/mol. The minimum Gasteiger partial charge on any atom is -0.372 e. The first-order chi connectivity index (χ1) is 13.7. The van der Waals surface area contributed by atoms with Gasteiger partial charge in [-0.3, -0.25) is 0 Å². The Balaban J connectivity index is 1.89. The molecule has 3 rings (SSSR count). The Morgan fingerprint density at radius 2 is 1.39 bits per heavy atom. The van der Waals surface area contributed by atoms with E-state index in [-0.39, 0.29) is 6.10 Å². The number of rotatable bonds is 9. The van der Waals surface area contributed by atoms with E-state index in [0.29, 0.717) is 6.61 Å². The van der Waals surface area contributed by atoms with Crippen molar-refractivity contribution in [3.63, 3.8) is 0 Å². The van der Waals surface area contributed by atoms with Crippen molar-refractivity contribution in [2.45, 2.75) is 12.5 Å². The first kappa shape index (κ1) is 20.1. The van der Waals surface area contributed by atoms with E-state index in [1.807, 2.05) is 0 Å². The molecule has 2 nitrogen and oxygen atoms in total. The Labute approximate surface area is 169 Å². The molecule has 0 bridgehead atoms. The number of ether oxygens (including phenoxy) is 1. The zero-order valence-electron chi connectivity index (χ0n) is 16.8. The maximum atomic E-state index is 6.35. The summed E-state index contributed by atoms with van der Waals surface area (Å²) in [5.74, 6) is 0. The molecule has 0 fully saturated rings. The number of likely N-dealkylation sites (N-methyl/N-ethyl adjacent to an activating group) is 1. The van der Waals surface area contributed by atoms with Crippen molar-refractivity contribution in [1.29, 1.82) is 0 Å². The molecule has 0 aliphatic rings. The summed E-state index contributed by atoms with van der Waals surface area (Å²) in [4.78, 5) is 2.15. The second-order valence-corrected chi connectivity index (χ2v) is 7.22. The van der Waals surface area contributed by atoms with Gasteiger partial charge in [0.15, 0.2) is 0 Å². The smallest absolute Gasteiger partial charge is 0.0866 e. The summed E-state index contributed by atoms with van der Waals surface area (Å²) < 4.78 is 6.35. The summed E-state index contributed by atoms with van der Waals surface area (Å²) in [7, 11) is 4.15. The molecule has 0 radical (unpaired) electrons. The van der Waals surface area contributed by atoms with Crippen molar-refractivity contribution in [2.24, 2.45) is 0 Å². The van der Waals surface area contributed by atoms with E-state index in [2.05, 4.69) is 116 Å². The van der Waals surface area contributed by atoms with Gasteiger partial charge in [-0.2, -0.15) is 0 Å². The highest BCUT2D eigenvalue weighted by molar-refractivity contribution is 5.81. The van der Waals surface area contributed by atoms with Crippen molar-refractivity contribution in [2.75, 3.05) is 27.2 Å². The molecular formula is C26H29NO. The van der Waals surface area contributed by atoms with Crippen LogP contribution in [0.5, 0.6) is 0 Å². The summed E-state index contributed by atoms with van der Waals surface area (Å²) in [5.41, 5.74) is 4.95. The van der Waals surface area contributed by atoms with E-state index in [0.717, 1.165) is 13.0 Å². The van der Waals surface area contributed by atoms with Gasteiger partial charge in [0, 0.05) is 13.0 Å². The maximum absolute atomic E-state index is 6.35. The van der Waals surface area contributed by atoms with Crippen molar-refractivity contribution in [1.82, 2.24) is 4.90 Å². The van der Waals surface area contributed by atoms with Crippen molar-refractivity contribution in [3.8, 4) is 0 Å². The highest BCUT2D eigenvalue weighted by Gasteiger charge is 2.16. The average Bonchev–Trinajstić information content (AvgIpc) is 2.74. The van der Waals surface area contributed by atoms with Crippen LogP contribution in [0.15, 0.2) is 91.0 Å². The second kappa shape index (κ2) is 10.6. The molecule has 1 unspecified atom stereocenters. The lowest BCUT2D eigenvalue weighted by atomic mass is 9.94. The van der Waals surface area contributed by atoms with Gasteiger partial charge in [0.25, 0.3) is 0 Å². The summed E-state index contributed by atoms with van der Waals surface area (Å²) in [6.07, 6.45) is 3.13. The minimum atomic E-state index is 0.0244. The third-order valence-corrected chi connectivity index (χ3v) is 4.72. The van der Waals surface area contributed by atoms with Crippen molar-refractivity contribution in [3.05, 3.63) is 108 Å². The zero-order valence-corrected chi connectivity index (χ0v) is 16.8. The van der Waals surface area contributed by atoms with Crippen LogP contribution in [-0.2, 0) is 4.74 Å². The highest BCUT2D eigenvalue weighted by atomic mass is 16.5. The summed E-state index contributed by atoms with van der Waals surface area (Å²) in [6, 6.07) is 31.7. The predicted molar refractivity (Wildman–Crippen MR) is 119 cm³/mol. The third-order valence-electron chi connectivity index (χ3n) is 4.72. The molecule has 0 aromatic heterocycles. The molecule has 0 aliphatic carbocycles. The SMILES string of the molecule is CN(C)CCOC(C/C(=C/c1ccccc1)c1ccccc1)c1ccccc1. The van der Waals surface area contributed by atoms with Gasteiger partial charge < -0.3 is 9.64 Å². The van der Waals surface area contributed by atoms with Gasteiger partial charge in [-0.15, -0.1) is 0 Å². The molecule has 0 N–H and O–H groups in total. The summed E-state index contributed by atoms with van der Waals surface area (Å²) >= 11 is 0. The quantitative estimate of drug-likeness (QED) is 0.432. The van der Waals surface area contributed by atoms with Crippen LogP contribution in [0.4, 0.5) is 0 Å². The van der Waals surface area contributed by atoms with Crippen LogP contribution in [0.25, 0.3) is 11.6 Å². The fourth-order valence-electron chi connectivity index (χ4n) is 3.18. The standard InChI is InChI=1S/C26H29NO/c1-27(2)18-19-28-26(24-16-10-5-11-17-24)21-25(23-14-8-4-9-15-23)20-22-12-6-3-7-13-22/h3-17,20,26H,18-19,21H2,1-2H3/b25-20-. The van der Waals surface area contributed by atoms with Crippen LogP contribution < -0.4 is 0 Å². The first-order valence-electron chi connectivity index (χ1n) is 9.84. The molecule has 1 atom stereocenters. The van der Waals surface area contributed by atoms with E-state index in [1.54, 1.807) is 0 Å². The van der Waals surface area contributed by atoms with Gasteiger partial charge in [0.2, 0.25) is 0 Å². The number of nitrogens with zero attached hydrogens (tertiary/aromatic N) is 1. The minimum absolute atomic E-state index is 0.0244. The van der Waals surface area contributed by atoms with E-state index >= 15 is 0 Å². The van der Waals surface area contributed by atoms with Crippen molar-refractivity contribution >= 4 is 11.6 Å². The van der Waals surface area contributed by atoms with Gasteiger partial charge >= 0.3 is 0 Å². The van der Waals surface area contributed by atoms with Gasteiger partial charge in [0.1, 0.15) is 0 Å². The molecule has 0 aliphatic heterocycles. The lowest BCUT2D eigenvalue weighted by Crippen LogP contribution is -2.19. The first-order valence-corrected chi connectivity index (χ1v) is 9.84. The normalized spacial score (nSPS) is 12.9. The lowest BCUT2D eigenvalue weighted by Gasteiger charge is -2.22. The Morgan fingerprint density at radius 3 is 2.00 bits per heavy atom. The fourth-order valence-corrected chi connectivity index (χ4v) is 3.18. The largest absolute Gasteiger partial charge is 0.372 e. The van der Waals surface area contributed by atoms with Gasteiger partial charge in [-0.25, -0.2) is 0 Å². The van der Waals surface area contributed by atoms with Crippen LogP contribution in [0.3, 0.4) is 0 Å². The van der Waals surface area contributed by atoms with Crippen LogP contribution in [0.2, 0.25) is 0 Å². The average molecular weight is 372 g/mol. The van der Waals surface area contributed by atoms with E-state index < -0.39 is 0 Å². The Hall–Kier alpha value is -2.68. The third kappa shape index (κ3) is 6.19. The van der Waals surface area contributed by atoms with Gasteiger partial charge in [0.05, 0.1) is 12.7 Å². The molecule has 0 saturated heterocycles. The Bertz CT molecular complexity index is 841. The fraction of sp³-hybridized carbons (Fsp3) is 0.231. The zero-order chi connectivity index (χ0) is 19.6. The number of benzene rings is 3. The van der Waals surface area contributed by atoms with E-state index in [9.17, 15) is 0 Å². The monoisotopic (exact) mass is 371 g/mol. The molecule has 0 heterocycles. The summed E-state index contributed by atoms with van der Waals surface area (Å²) in [6.45, 7) is 1.62. The molecule has 2 heteroatoms. The van der Waals surface area contributed by atoms with E-state index in [1.165, 1.54) is 22.3 Å². The lowest BCUT2D eigenvalue weighted by molar-refractivity contribution is 0.0468. The van der Waals surface area contributed by atoms with Gasteiger partial charge in [-0.1, -0.05) is 97.1 Å². The maximum Gasteiger partial charge on any atom is 0.0866 e. The molecule has 0 saturated carbocycles. The Kier molecular flexibility index (Phi) is 7.60. The van der Waals surface area contributed by atoms with Crippen LogP contribution in [0, 0.1) is 0 Å². The number of hydrogen-bond acceptors (Lipinski definition) is 2. The molecule has 144 valence electrons. The van der Waals surface area contributed by atoms with Crippen molar-refractivity contribution < 1.29 is 4.74 Å². The molecule has 0 amide bonds. The Morgan fingerprint density at radius 1 is 0.821 bits per heavy atom. The van der Waals surface area contributed by atoms with Gasteiger partial charge in [-0.05, 0) is 36.4 Å². The predicted octanol–water partition coefficient (Wildman–Crippen LogP) is 5.94. The molecule has 3 aromatic carbocycles. The van der Waals surface area contributed by atoms with Crippen LogP contribution in [-0.4, -0.2) is 32.1 Å². The summed E-state index contributed by atoms with van der Waals surface area (Å²) in [5, 5.41) is 0. The second-order valence-electron chi connectivity index (χ2n) is 7.22. The number of hydrogen-bond donors (Lipinski definition) is 0. The molecule has 3 aromatic rings. The van der Waals surface area contributed by atoms with E-state index in [4.69, 9.17) is 4.74 Å². The van der Waals surface area contributed by atoms with Crippen LogP contribution in [0.1, 0.15) is 29.2 Å².